The molecular formula is C10H17N3. The predicted octanol–water partition coefficient (Wildman–Crippen LogP) is 1.31. The molecule has 0 bridgehead atoms. The first-order chi connectivity index (χ1) is 6.25. The molecule has 1 aliphatic rings. The van der Waals surface area contributed by atoms with Crippen molar-refractivity contribution in [2.45, 2.75) is 32.4 Å². The molecule has 1 fully saturated rings. The first kappa shape index (κ1) is 8.75. The SMILES string of the molecule is CC1CC(NCc2ccnn2C)C1. The van der Waals surface area contributed by atoms with Gasteiger partial charge in [-0.1, -0.05) is 6.92 Å². The minimum absolute atomic E-state index is 0.741. The fourth-order valence-electron chi connectivity index (χ4n) is 1.89. The van der Waals surface area contributed by atoms with E-state index in [1.807, 2.05) is 17.9 Å². The van der Waals surface area contributed by atoms with Crippen molar-refractivity contribution in [1.82, 2.24) is 15.1 Å². The van der Waals surface area contributed by atoms with Crippen LogP contribution in [0.15, 0.2) is 12.3 Å². The first-order valence-corrected chi connectivity index (χ1v) is 4.96. The fraction of sp³-hybridized carbons (Fsp3) is 0.700. The van der Waals surface area contributed by atoms with Crippen LogP contribution in [0, 0.1) is 5.92 Å². The van der Waals surface area contributed by atoms with Gasteiger partial charge in [-0.3, -0.25) is 4.68 Å². The standard InChI is InChI=1S/C10H17N3/c1-8-5-9(6-8)11-7-10-3-4-12-13(10)2/h3-4,8-9,11H,5-7H2,1-2H3. The lowest BCUT2D eigenvalue weighted by Crippen LogP contribution is -2.39. The summed E-state index contributed by atoms with van der Waals surface area (Å²) in [5, 5.41) is 7.66. The zero-order valence-corrected chi connectivity index (χ0v) is 8.33. The molecular weight excluding hydrogens is 162 g/mol. The number of aromatic nitrogens is 2. The van der Waals surface area contributed by atoms with Gasteiger partial charge in [-0.25, -0.2) is 0 Å². The minimum Gasteiger partial charge on any atom is -0.308 e. The van der Waals surface area contributed by atoms with E-state index in [1.54, 1.807) is 0 Å². The lowest BCUT2D eigenvalue weighted by atomic mass is 9.82. The Morgan fingerprint density at radius 3 is 2.92 bits per heavy atom. The van der Waals surface area contributed by atoms with Crippen LogP contribution in [0.5, 0.6) is 0 Å². The summed E-state index contributed by atoms with van der Waals surface area (Å²) in [5.74, 6) is 0.920. The smallest absolute Gasteiger partial charge is 0.0518 e. The fourth-order valence-corrected chi connectivity index (χ4v) is 1.89. The Morgan fingerprint density at radius 1 is 1.62 bits per heavy atom. The van der Waals surface area contributed by atoms with Crippen molar-refractivity contribution >= 4 is 0 Å². The van der Waals surface area contributed by atoms with E-state index < -0.39 is 0 Å². The number of aryl methyl sites for hydroxylation is 1. The second kappa shape index (κ2) is 3.50. The molecule has 1 N–H and O–H groups in total. The van der Waals surface area contributed by atoms with Gasteiger partial charge in [0.05, 0.1) is 5.69 Å². The van der Waals surface area contributed by atoms with E-state index in [1.165, 1.54) is 18.5 Å². The first-order valence-electron chi connectivity index (χ1n) is 4.96. The van der Waals surface area contributed by atoms with E-state index >= 15 is 0 Å². The van der Waals surface area contributed by atoms with Gasteiger partial charge in [0.25, 0.3) is 0 Å². The molecule has 1 aromatic heterocycles. The van der Waals surface area contributed by atoms with Crippen LogP contribution in [0.4, 0.5) is 0 Å². The molecule has 0 spiro atoms. The van der Waals surface area contributed by atoms with Crippen LogP contribution in [-0.2, 0) is 13.6 Å². The summed E-state index contributed by atoms with van der Waals surface area (Å²) in [6.07, 6.45) is 4.51. The van der Waals surface area contributed by atoms with Gasteiger partial charge in [-0.15, -0.1) is 0 Å². The third kappa shape index (κ3) is 1.91. The van der Waals surface area contributed by atoms with Crippen molar-refractivity contribution < 1.29 is 0 Å². The molecule has 0 aliphatic heterocycles. The quantitative estimate of drug-likeness (QED) is 0.758. The Labute approximate surface area is 79.1 Å². The van der Waals surface area contributed by atoms with Crippen molar-refractivity contribution in [1.29, 1.82) is 0 Å². The Hall–Kier alpha value is -0.830. The third-order valence-corrected chi connectivity index (χ3v) is 2.87. The van der Waals surface area contributed by atoms with Crippen molar-refractivity contribution in [2.75, 3.05) is 0 Å². The van der Waals surface area contributed by atoms with E-state index in [0.29, 0.717) is 0 Å². The highest BCUT2D eigenvalue weighted by Gasteiger charge is 2.24. The van der Waals surface area contributed by atoms with Gasteiger partial charge in [-0.2, -0.15) is 5.10 Å². The Bertz CT molecular complexity index is 273. The molecule has 1 heterocycles. The number of hydrogen-bond donors (Lipinski definition) is 1. The summed E-state index contributed by atoms with van der Waals surface area (Å²) in [4.78, 5) is 0. The number of nitrogens with one attached hydrogen (secondary N) is 1. The molecule has 3 heteroatoms. The lowest BCUT2D eigenvalue weighted by Gasteiger charge is -2.33. The van der Waals surface area contributed by atoms with Crippen LogP contribution in [0.3, 0.4) is 0 Å². The summed E-state index contributed by atoms with van der Waals surface area (Å²) in [7, 11) is 1.99. The van der Waals surface area contributed by atoms with E-state index in [0.717, 1.165) is 18.5 Å². The molecule has 0 radical (unpaired) electrons. The zero-order chi connectivity index (χ0) is 9.26. The van der Waals surface area contributed by atoms with Gasteiger partial charge in [-0.05, 0) is 24.8 Å². The van der Waals surface area contributed by atoms with Gasteiger partial charge in [0, 0.05) is 25.8 Å². The summed E-state index contributed by atoms with van der Waals surface area (Å²) in [5.41, 5.74) is 1.26. The van der Waals surface area contributed by atoms with Gasteiger partial charge in [0.15, 0.2) is 0 Å². The second-order valence-electron chi connectivity index (χ2n) is 4.10. The molecule has 0 atom stereocenters. The summed E-state index contributed by atoms with van der Waals surface area (Å²) in [6, 6.07) is 2.81. The molecule has 1 saturated carbocycles. The van der Waals surface area contributed by atoms with Crippen LogP contribution < -0.4 is 5.32 Å². The Morgan fingerprint density at radius 2 is 2.38 bits per heavy atom. The van der Waals surface area contributed by atoms with Crippen molar-refractivity contribution in [3.63, 3.8) is 0 Å². The zero-order valence-electron chi connectivity index (χ0n) is 8.33. The average molecular weight is 179 g/mol. The number of hydrogen-bond acceptors (Lipinski definition) is 2. The van der Waals surface area contributed by atoms with Crippen molar-refractivity contribution in [3.05, 3.63) is 18.0 Å². The lowest BCUT2D eigenvalue weighted by molar-refractivity contribution is 0.239. The van der Waals surface area contributed by atoms with E-state index in [4.69, 9.17) is 0 Å². The molecule has 2 rings (SSSR count). The van der Waals surface area contributed by atoms with Crippen LogP contribution in [0.2, 0.25) is 0 Å². The monoisotopic (exact) mass is 179 g/mol. The van der Waals surface area contributed by atoms with Gasteiger partial charge in [0.2, 0.25) is 0 Å². The molecule has 0 unspecified atom stereocenters. The van der Waals surface area contributed by atoms with Crippen LogP contribution in [-0.4, -0.2) is 15.8 Å². The maximum absolute atomic E-state index is 4.13. The second-order valence-corrected chi connectivity index (χ2v) is 4.10. The summed E-state index contributed by atoms with van der Waals surface area (Å²) in [6.45, 7) is 3.26. The largest absolute Gasteiger partial charge is 0.308 e. The molecule has 0 amide bonds. The van der Waals surface area contributed by atoms with Crippen LogP contribution in [0.1, 0.15) is 25.5 Å². The van der Waals surface area contributed by atoms with E-state index in [9.17, 15) is 0 Å². The molecule has 3 nitrogen and oxygen atoms in total. The van der Waals surface area contributed by atoms with E-state index in [-0.39, 0.29) is 0 Å². The van der Waals surface area contributed by atoms with E-state index in [2.05, 4.69) is 23.4 Å². The molecule has 13 heavy (non-hydrogen) atoms. The van der Waals surface area contributed by atoms with Crippen molar-refractivity contribution in [3.8, 4) is 0 Å². The molecule has 0 saturated heterocycles. The van der Waals surface area contributed by atoms with Gasteiger partial charge >= 0.3 is 0 Å². The number of nitrogens with zero attached hydrogens (tertiary/aromatic N) is 2. The topological polar surface area (TPSA) is 29.9 Å². The molecule has 72 valence electrons. The molecule has 1 aliphatic carbocycles. The summed E-state index contributed by atoms with van der Waals surface area (Å²) >= 11 is 0. The maximum Gasteiger partial charge on any atom is 0.0518 e. The normalized spacial score (nSPS) is 27.2. The highest BCUT2D eigenvalue weighted by atomic mass is 15.3. The van der Waals surface area contributed by atoms with Crippen LogP contribution in [0.25, 0.3) is 0 Å². The maximum atomic E-state index is 4.13. The highest BCUT2D eigenvalue weighted by molar-refractivity contribution is 5.00. The highest BCUT2D eigenvalue weighted by Crippen LogP contribution is 2.26. The van der Waals surface area contributed by atoms with Crippen LogP contribution >= 0.6 is 0 Å². The average Bonchev–Trinajstić information content (AvgIpc) is 2.43. The van der Waals surface area contributed by atoms with Crippen molar-refractivity contribution in [2.24, 2.45) is 13.0 Å². The number of rotatable bonds is 3. The molecule has 0 aromatic carbocycles. The Kier molecular flexibility index (Phi) is 2.36. The predicted molar refractivity (Wildman–Crippen MR) is 52.2 cm³/mol. The molecule has 1 aromatic rings. The summed E-state index contributed by atoms with van der Waals surface area (Å²) < 4.78 is 1.93. The Balaban J connectivity index is 1.77. The van der Waals surface area contributed by atoms with Gasteiger partial charge in [0.1, 0.15) is 0 Å². The minimum atomic E-state index is 0.741. The third-order valence-electron chi connectivity index (χ3n) is 2.87. The van der Waals surface area contributed by atoms with Gasteiger partial charge < -0.3 is 5.32 Å².